The molecule has 0 amide bonds. The van der Waals surface area contributed by atoms with Gasteiger partial charge in [-0.1, -0.05) is 48.0 Å². The lowest BCUT2D eigenvalue weighted by molar-refractivity contribution is 0.00706. The molecule has 0 radical (unpaired) electrons. The number of hydrogen-bond acceptors (Lipinski definition) is 8. The van der Waals surface area contributed by atoms with Crippen molar-refractivity contribution in [2.24, 2.45) is 0 Å². The standard InChI is InChI=1S/C25H23ClN4O5S/c1-36(27,32)16-8-6-14(7-9-16)13-2-4-15(5-3-13)21-17(26)10-18-24(29-21)30-25(28-18)35-20-12-34-22-19(31)11-33-23(20)22/h2-10,19-20,22-23,27,31H,11-12H2,1H3,(H,28,29,30)/t19-,20-,22?,23?,36?/m1/s1. The number of halogens is 1. The van der Waals surface area contributed by atoms with Crippen LogP contribution in [0.2, 0.25) is 5.02 Å². The summed E-state index contributed by atoms with van der Waals surface area (Å²) in [6, 6.07) is 17.0. The van der Waals surface area contributed by atoms with E-state index in [1.165, 1.54) is 6.26 Å². The normalized spacial score (nSPS) is 25.1. The zero-order chi connectivity index (χ0) is 25.0. The van der Waals surface area contributed by atoms with Crippen LogP contribution < -0.4 is 4.74 Å². The molecule has 0 aliphatic carbocycles. The molecular weight excluding hydrogens is 504 g/mol. The van der Waals surface area contributed by atoms with Crippen LogP contribution in [0.15, 0.2) is 59.5 Å². The number of rotatable bonds is 5. The SMILES string of the molecule is CS(=N)(=O)c1ccc(-c2ccc(-c3nc4nc(O[C@@H]5COC6C5OC[C@H]6O)[nH]c4cc3Cl)cc2)cc1. The van der Waals surface area contributed by atoms with Crippen molar-refractivity contribution in [2.45, 2.75) is 29.3 Å². The fourth-order valence-electron chi connectivity index (χ4n) is 4.57. The molecule has 2 aromatic carbocycles. The minimum Gasteiger partial charge on any atom is -0.456 e. The third-order valence-corrected chi connectivity index (χ3v) is 7.91. The van der Waals surface area contributed by atoms with Crippen LogP contribution >= 0.6 is 11.6 Å². The van der Waals surface area contributed by atoms with Gasteiger partial charge in [-0.05, 0) is 29.3 Å². The van der Waals surface area contributed by atoms with Gasteiger partial charge in [0, 0.05) is 16.7 Å². The Kier molecular flexibility index (Phi) is 5.73. The number of aromatic nitrogens is 3. The molecule has 5 atom stereocenters. The number of benzene rings is 2. The Labute approximate surface area is 212 Å². The predicted octanol–water partition coefficient (Wildman–Crippen LogP) is 3.89. The van der Waals surface area contributed by atoms with Gasteiger partial charge in [0.25, 0.3) is 6.01 Å². The molecule has 4 aromatic rings. The Morgan fingerprint density at radius 1 is 1.03 bits per heavy atom. The third kappa shape index (κ3) is 4.25. The fraction of sp³-hybridized carbons (Fsp3) is 0.280. The second kappa shape index (κ2) is 8.82. The number of aliphatic hydroxyl groups is 1. The number of H-pyrrole nitrogens is 1. The number of nitrogens with one attached hydrogen (secondary N) is 2. The highest BCUT2D eigenvalue weighted by Gasteiger charge is 2.48. The molecule has 2 aliphatic rings. The highest BCUT2D eigenvalue weighted by molar-refractivity contribution is 7.91. The Morgan fingerprint density at radius 2 is 1.67 bits per heavy atom. The summed E-state index contributed by atoms with van der Waals surface area (Å²) >= 11 is 6.56. The van der Waals surface area contributed by atoms with Crippen molar-refractivity contribution < 1.29 is 23.5 Å². The van der Waals surface area contributed by atoms with Gasteiger partial charge in [0.2, 0.25) is 0 Å². The lowest BCUT2D eigenvalue weighted by Gasteiger charge is -2.15. The minimum absolute atomic E-state index is 0.228. The van der Waals surface area contributed by atoms with Crippen molar-refractivity contribution >= 4 is 32.5 Å². The Morgan fingerprint density at radius 3 is 2.36 bits per heavy atom. The molecule has 6 rings (SSSR count). The lowest BCUT2D eigenvalue weighted by atomic mass is 10.0. The second-order valence-corrected chi connectivity index (χ2v) is 11.6. The summed E-state index contributed by atoms with van der Waals surface area (Å²) in [6.45, 7) is 0.532. The van der Waals surface area contributed by atoms with Crippen molar-refractivity contribution in [1.29, 1.82) is 4.78 Å². The molecular formula is C25H23ClN4O5S. The first-order valence-corrected chi connectivity index (χ1v) is 13.7. The summed E-state index contributed by atoms with van der Waals surface area (Å²) in [6.07, 6.45) is -0.342. The van der Waals surface area contributed by atoms with E-state index in [0.717, 1.165) is 16.7 Å². The zero-order valence-corrected chi connectivity index (χ0v) is 20.8. The fourth-order valence-corrected chi connectivity index (χ4v) is 5.49. The van der Waals surface area contributed by atoms with Gasteiger partial charge in [-0.15, -0.1) is 0 Å². The van der Waals surface area contributed by atoms with Gasteiger partial charge >= 0.3 is 0 Å². The first-order chi connectivity index (χ1) is 17.3. The van der Waals surface area contributed by atoms with Gasteiger partial charge in [-0.25, -0.2) is 14.0 Å². The second-order valence-electron chi connectivity index (χ2n) is 9.00. The summed E-state index contributed by atoms with van der Waals surface area (Å²) in [5.74, 6) is 0. The molecule has 0 spiro atoms. The van der Waals surface area contributed by atoms with Crippen LogP contribution in [0.25, 0.3) is 33.5 Å². The first-order valence-electron chi connectivity index (χ1n) is 11.3. The molecule has 2 saturated heterocycles. The summed E-state index contributed by atoms with van der Waals surface area (Å²) in [4.78, 5) is 12.7. The van der Waals surface area contributed by atoms with E-state index in [2.05, 4.69) is 15.0 Å². The molecule has 36 heavy (non-hydrogen) atoms. The van der Waals surface area contributed by atoms with Gasteiger partial charge in [0.15, 0.2) is 11.8 Å². The maximum atomic E-state index is 11.9. The van der Waals surface area contributed by atoms with Crippen LogP contribution in [0.1, 0.15) is 0 Å². The number of hydrogen-bond donors (Lipinski definition) is 3. The molecule has 0 saturated carbocycles. The van der Waals surface area contributed by atoms with Crippen molar-refractivity contribution in [1.82, 2.24) is 15.0 Å². The first kappa shape index (κ1) is 23.4. The summed E-state index contributed by atoms with van der Waals surface area (Å²) in [5, 5.41) is 10.4. The van der Waals surface area contributed by atoms with Crippen LogP contribution in [0.5, 0.6) is 6.01 Å². The Hall–Kier alpha value is -3.02. The van der Waals surface area contributed by atoms with E-state index >= 15 is 0 Å². The van der Waals surface area contributed by atoms with Crippen LogP contribution in [-0.4, -0.2) is 68.2 Å². The van der Waals surface area contributed by atoms with Crippen molar-refractivity contribution in [3.63, 3.8) is 0 Å². The zero-order valence-electron chi connectivity index (χ0n) is 19.2. The monoisotopic (exact) mass is 526 g/mol. The highest BCUT2D eigenvalue weighted by atomic mass is 35.5. The van der Waals surface area contributed by atoms with Gasteiger partial charge < -0.3 is 24.3 Å². The van der Waals surface area contributed by atoms with E-state index in [-0.39, 0.29) is 30.9 Å². The van der Waals surface area contributed by atoms with Crippen molar-refractivity contribution in [3.05, 3.63) is 59.6 Å². The number of aromatic amines is 1. The average Bonchev–Trinajstić information content (AvgIpc) is 3.55. The quantitative estimate of drug-likeness (QED) is 0.359. The van der Waals surface area contributed by atoms with Gasteiger partial charge in [0.05, 0.1) is 39.2 Å². The van der Waals surface area contributed by atoms with Crippen molar-refractivity contribution in [2.75, 3.05) is 19.5 Å². The van der Waals surface area contributed by atoms with Gasteiger partial charge in [-0.3, -0.25) is 0 Å². The number of nitrogens with zero attached hydrogens (tertiary/aromatic N) is 2. The summed E-state index contributed by atoms with van der Waals surface area (Å²) < 4.78 is 36.8. The van der Waals surface area contributed by atoms with E-state index in [9.17, 15) is 9.32 Å². The minimum atomic E-state index is -2.74. The molecule has 9 nitrogen and oxygen atoms in total. The average molecular weight is 527 g/mol. The van der Waals surface area contributed by atoms with Gasteiger partial charge in [0.1, 0.15) is 18.3 Å². The predicted molar refractivity (Wildman–Crippen MR) is 135 cm³/mol. The third-order valence-electron chi connectivity index (χ3n) is 6.45. The molecule has 2 fully saturated rings. The molecule has 3 N–H and O–H groups in total. The van der Waals surface area contributed by atoms with E-state index in [1.807, 2.05) is 36.4 Å². The molecule has 11 heteroatoms. The molecule has 2 aliphatic heterocycles. The van der Waals surface area contributed by atoms with Crippen LogP contribution in [-0.2, 0) is 19.2 Å². The Bertz CT molecular complexity index is 1540. The van der Waals surface area contributed by atoms with Crippen molar-refractivity contribution in [3.8, 4) is 28.4 Å². The van der Waals surface area contributed by atoms with E-state index in [1.54, 1.807) is 18.2 Å². The van der Waals surface area contributed by atoms with Gasteiger partial charge in [-0.2, -0.15) is 4.98 Å². The molecule has 3 unspecified atom stereocenters. The maximum absolute atomic E-state index is 11.9. The number of pyridine rings is 1. The number of imidazole rings is 1. The largest absolute Gasteiger partial charge is 0.456 e. The lowest BCUT2D eigenvalue weighted by Crippen LogP contribution is -2.34. The number of ether oxygens (including phenoxy) is 3. The maximum Gasteiger partial charge on any atom is 0.296 e. The van der Waals surface area contributed by atoms with E-state index in [4.69, 9.17) is 30.6 Å². The Balaban J connectivity index is 1.23. The van der Waals surface area contributed by atoms with E-state index in [0.29, 0.717) is 33.4 Å². The molecule has 186 valence electrons. The van der Waals surface area contributed by atoms with Crippen LogP contribution in [0.3, 0.4) is 0 Å². The summed E-state index contributed by atoms with van der Waals surface area (Å²) in [5.41, 5.74) is 4.45. The van der Waals surface area contributed by atoms with Crippen LogP contribution in [0.4, 0.5) is 0 Å². The van der Waals surface area contributed by atoms with E-state index < -0.39 is 15.8 Å². The van der Waals surface area contributed by atoms with Crippen LogP contribution in [0, 0.1) is 4.78 Å². The molecule has 0 bridgehead atoms. The smallest absolute Gasteiger partial charge is 0.296 e. The summed E-state index contributed by atoms with van der Waals surface area (Å²) in [7, 11) is -2.74. The molecule has 2 aromatic heterocycles. The number of fused-ring (bicyclic) bond motifs is 2. The topological polar surface area (TPSA) is 130 Å². The highest BCUT2D eigenvalue weighted by Crippen LogP contribution is 2.33. The molecule has 4 heterocycles. The number of aliphatic hydroxyl groups excluding tert-OH is 1.